The number of nitrogens with two attached hydrogens (primary N) is 1. The number of amidine groups is 1. The minimum Gasteiger partial charge on any atom is -0.397 e. The van der Waals surface area contributed by atoms with Crippen LogP contribution < -0.4 is 11.1 Å². The quantitative estimate of drug-likeness (QED) is 0.139. The highest BCUT2D eigenvalue weighted by Crippen LogP contribution is 2.04. The zero-order chi connectivity index (χ0) is 13.4. The van der Waals surface area contributed by atoms with Crippen LogP contribution in [-0.2, 0) is 4.84 Å². The van der Waals surface area contributed by atoms with Gasteiger partial charge in [-0.05, 0) is 6.07 Å². The summed E-state index contributed by atoms with van der Waals surface area (Å²) in [7, 11) is 0. The fourth-order valence-electron chi connectivity index (χ4n) is 1.12. The van der Waals surface area contributed by atoms with Gasteiger partial charge in [0, 0.05) is 18.0 Å². The number of aliphatic imine (C=N–C) groups is 1. The first-order valence-electron chi connectivity index (χ1n) is 4.81. The molecule has 3 N–H and O–H groups in total. The van der Waals surface area contributed by atoms with Crippen molar-refractivity contribution in [3.8, 4) is 6.19 Å². The summed E-state index contributed by atoms with van der Waals surface area (Å²) in [6.45, 7) is -0.168. The highest BCUT2D eigenvalue weighted by Gasteiger charge is 2.03. The summed E-state index contributed by atoms with van der Waals surface area (Å²) in [4.78, 5) is 21.8. The van der Waals surface area contributed by atoms with Gasteiger partial charge in [-0.2, -0.15) is 5.26 Å². The zero-order valence-corrected chi connectivity index (χ0v) is 9.24. The Labute approximate surface area is 102 Å². The van der Waals surface area contributed by atoms with Crippen molar-refractivity contribution in [3.63, 3.8) is 0 Å². The molecule has 0 fully saturated rings. The molecule has 18 heavy (non-hydrogen) atoms. The van der Waals surface area contributed by atoms with E-state index in [4.69, 9.17) is 11.0 Å². The van der Waals surface area contributed by atoms with E-state index in [1.807, 2.05) is 0 Å². The van der Waals surface area contributed by atoms with E-state index in [2.05, 4.69) is 20.1 Å². The number of hydrogen-bond acceptors (Lipinski definition) is 7. The maximum absolute atomic E-state index is 9.92. The van der Waals surface area contributed by atoms with Gasteiger partial charge in [-0.25, -0.2) is 0 Å². The Hall–Kier alpha value is -2.89. The SMILES string of the molecule is N#CNC(=NCCO[N+](=O)[O-])c1cncc(N)c1. The maximum atomic E-state index is 9.92. The molecule has 0 radical (unpaired) electrons. The second-order valence-corrected chi connectivity index (χ2v) is 3.03. The molecule has 0 amide bonds. The van der Waals surface area contributed by atoms with Gasteiger partial charge in [-0.15, -0.1) is 10.1 Å². The van der Waals surface area contributed by atoms with E-state index in [0.29, 0.717) is 11.3 Å². The fraction of sp³-hybridized carbons (Fsp3) is 0.222. The minimum atomic E-state index is -0.908. The lowest BCUT2D eigenvalue weighted by molar-refractivity contribution is -0.757. The smallest absolute Gasteiger partial charge is 0.294 e. The maximum Gasteiger partial charge on any atom is 0.294 e. The number of nitriles is 1. The van der Waals surface area contributed by atoms with Crippen molar-refractivity contribution < 1.29 is 9.92 Å². The van der Waals surface area contributed by atoms with Gasteiger partial charge in [0.05, 0.1) is 12.2 Å². The van der Waals surface area contributed by atoms with Crippen molar-refractivity contribution in [2.75, 3.05) is 18.9 Å². The molecule has 9 nitrogen and oxygen atoms in total. The Bertz CT molecular complexity index is 495. The first-order chi connectivity index (χ1) is 8.63. The van der Waals surface area contributed by atoms with E-state index in [1.165, 1.54) is 12.4 Å². The van der Waals surface area contributed by atoms with Crippen LogP contribution in [0.15, 0.2) is 23.5 Å². The standard InChI is InChI=1S/C9H10N6O3/c10-6-14-9(13-1-2-18-15(16)17)7-3-8(11)5-12-4-7/h3-5H,1-2,11H2,(H,13,14). The highest BCUT2D eigenvalue weighted by molar-refractivity contribution is 5.99. The number of pyridine rings is 1. The van der Waals surface area contributed by atoms with Crippen LogP contribution in [0.1, 0.15) is 5.56 Å². The second-order valence-electron chi connectivity index (χ2n) is 3.03. The summed E-state index contributed by atoms with van der Waals surface area (Å²) in [6.07, 6.45) is 4.63. The topological polar surface area (TPSA) is 139 Å². The van der Waals surface area contributed by atoms with Crippen LogP contribution in [0.3, 0.4) is 0 Å². The molecule has 0 aliphatic rings. The average Bonchev–Trinajstić information content (AvgIpc) is 2.33. The third-order valence-electron chi connectivity index (χ3n) is 1.77. The summed E-state index contributed by atoms with van der Waals surface area (Å²) in [5.41, 5.74) is 6.47. The first-order valence-corrected chi connectivity index (χ1v) is 4.81. The van der Waals surface area contributed by atoms with Crippen LogP contribution in [0.2, 0.25) is 0 Å². The molecule has 1 heterocycles. The highest BCUT2D eigenvalue weighted by atomic mass is 16.9. The summed E-state index contributed by atoms with van der Waals surface area (Å²) < 4.78 is 0. The van der Waals surface area contributed by atoms with Crippen LogP contribution in [0.25, 0.3) is 0 Å². The lowest BCUT2D eigenvalue weighted by Crippen LogP contribution is -2.21. The minimum absolute atomic E-state index is 0.0276. The van der Waals surface area contributed by atoms with Gasteiger partial charge in [0.1, 0.15) is 12.4 Å². The van der Waals surface area contributed by atoms with Crippen molar-refractivity contribution in [2.45, 2.75) is 0 Å². The van der Waals surface area contributed by atoms with Gasteiger partial charge in [-0.1, -0.05) is 0 Å². The van der Waals surface area contributed by atoms with E-state index >= 15 is 0 Å². The fourth-order valence-corrected chi connectivity index (χ4v) is 1.12. The number of hydrogen-bond donors (Lipinski definition) is 2. The molecule has 0 atom stereocenters. The molecule has 0 aliphatic carbocycles. The Kier molecular flexibility index (Phi) is 4.86. The van der Waals surface area contributed by atoms with Crippen molar-refractivity contribution in [3.05, 3.63) is 34.1 Å². The molecule has 1 aromatic rings. The molecule has 0 spiro atoms. The second kappa shape index (κ2) is 6.64. The summed E-state index contributed by atoms with van der Waals surface area (Å²) in [5.74, 6) is 0.226. The summed E-state index contributed by atoms with van der Waals surface area (Å²) in [6, 6.07) is 1.57. The van der Waals surface area contributed by atoms with Crippen LogP contribution in [-0.4, -0.2) is 29.1 Å². The Morgan fingerprint density at radius 3 is 3.11 bits per heavy atom. The molecule has 0 aromatic carbocycles. The molecule has 0 saturated carbocycles. The Morgan fingerprint density at radius 2 is 2.50 bits per heavy atom. The van der Waals surface area contributed by atoms with Gasteiger partial charge in [0.15, 0.2) is 6.19 Å². The van der Waals surface area contributed by atoms with Gasteiger partial charge in [0.25, 0.3) is 5.09 Å². The van der Waals surface area contributed by atoms with Gasteiger partial charge < -0.3 is 10.6 Å². The van der Waals surface area contributed by atoms with E-state index in [-0.39, 0.29) is 19.0 Å². The van der Waals surface area contributed by atoms with Crippen LogP contribution >= 0.6 is 0 Å². The van der Waals surface area contributed by atoms with Crippen molar-refractivity contribution in [1.29, 1.82) is 5.26 Å². The number of nitrogens with one attached hydrogen (secondary N) is 1. The number of nitrogens with zero attached hydrogens (tertiary/aromatic N) is 4. The predicted molar refractivity (Wildman–Crippen MR) is 61.7 cm³/mol. The lowest BCUT2D eigenvalue weighted by atomic mass is 10.2. The molecule has 0 unspecified atom stereocenters. The van der Waals surface area contributed by atoms with Gasteiger partial charge in [-0.3, -0.25) is 15.3 Å². The third kappa shape index (κ3) is 4.31. The average molecular weight is 250 g/mol. The van der Waals surface area contributed by atoms with Crippen LogP contribution in [0.4, 0.5) is 5.69 Å². The van der Waals surface area contributed by atoms with Crippen LogP contribution in [0, 0.1) is 21.6 Å². The molecular weight excluding hydrogens is 240 g/mol. The summed E-state index contributed by atoms with van der Waals surface area (Å²) >= 11 is 0. The molecule has 94 valence electrons. The number of rotatable bonds is 5. The lowest BCUT2D eigenvalue weighted by Gasteiger charge is -2.04. The van der Waals surface area contributed by atoms with Crippen molar-refractivity contribution in [1.82, 2.24) is 10.3 Å². The van der Waals surface area contributed by atoms with E-state index in [1.54, 1.807) is 12.3 Å². The zero-order valence-electron chi connectivity index (χ0n) is 9.24. The normalized spacial score (nSPS) is 10.5. The van der Waals surface area contributed by atoms with E-state index in [9.17, 15) is 10.1 Å². The van der Waals surface area contributed by atoms with Gasteiger partial charge in [0.2, 0.25) is 0 Å². The largest absolute Gasteiger partial charge is 0.397 e. The Morgan fingerprint density at radius 1 is 1.72 bits per heavy atom. The third-order valence-corrected chi connectivity index (χ3v) is 1.77. The summed E-state index contributed by atoms with van der Waals surface area (Å²) in [5, 5.41) is 19.9. The Balaban J connectivity index is 2.73. The van der Waals surface area contributed by atoms with Crippen LogP contribution in [0.5, 0.6) is 0 Å². The van der Waals surface area contributed by atoms with Crippen molar-refractivity contribution >= 4 is 11.5 Å². The monoisotopic (exact) mass is 250 g/mol. The molecule has 1 rings (SSSR count). The number of aromatic nitrogens is 1. The molecule has 0 saturated heterocycles. The van der Waals surface area contributed by atoms with Crippen molar-refractivity contribution in [2.24, 2.45) is 4.99 Å². The van der Waals surface area contributed by atoms with Gasteiger partial charge >= 0.3 is 0 Å². The van der Waals surface area contributed by atoms with E-state index in [0.717, 1.165) is 0 Å². The first kappa shape index (κ1) is 13.2. The molecule has 0 aliphatic heterocycles. The van der Waals surface area contributed by atoms with E-state index < -0.39 is 5.09 Å². The predicted octanol–water partition coefficient (Wildman–Crippen LogP) is -0.311. The molecule has 0 bridgehead atoms. The molecule has 9 heteroatoms. The molecular formula is C9H10N6O3. The number of anilines is 1. The molecule has 1 aromatic heterocycles. The number of nitrogen functional groups attached to an aromatic ring is 1.